The average Bonchev–Trinajstić information content (AvgIpc) is 3.47. The van der Waals surface area contributed by atoms with Crippen LogP contribution in [0.4, 0.5) is 4.79 Å². The number of ether oxygens (including phenoxy) is 3. The summed E-state index contributed by atoms with van der Waals surface area (Å²) in [6.07, 6.45) is 2.82. The van der Waals surface area contributed by atoms with Gasteiger partial charge in [0.2, 0.25) is 5.91 Å². The van der Waals surface area contributed by atoms with Crippen LogP contribution in [0.1, 0.15) is 38.6 Å². The van der Waals surface area contributed by atoms with Crippen molar-refractivity contribution in [2.24, 2.45) is 5.92 Å². The van der Waals surface area contributed by atoms with Gasteiger partial charge in [-0.1, -0.05) is 19.9 Å². The number of aromatic amines is 1. The summed E-state index contributed by atoms with van der Waals surface area (Å²) in [7, 11) is 2.92. The second-order valence-electron chi connectivity index (χ2n) is 8.22. The summed E-state index contributed by atoms with van der Waals surface area (Å²) < 4.78 is 16.4. The van der Waals surface area contributed by atoms with E-state index >= 15 is 0 Å². The summed E-state index contributed by atoms with van der Waals surface area (Å²) in [6.45, 7) is 5.35. The molecule has 1 aromatic heterocycles. The summed E-state index contributed by atoms with van der Waals surface area (Å²) in [5.41, 5.74) is 1.76. The molecule has 1 aliphatic rings. The lowest BCUT2D eigenvalue weighted by Crippen LogP contribution is -2.51. The van der Waals surface area contributed by atoms with Gasteiger partial charge in [0.05, 0.1) is 36.1 Å². The molecule has 1 aromatic carbocycles. The van der Waals surface area contributed by atoms with Gasteiger partial charge in [-0.2, -0.15) is 0 Å². The van der Waals surface area contributed by atoms with Gasteiger partial charge in [0, 0.05) is 19.2 Å². The summed E-state index contributed by atoms with van der Waals surface area (Å²) in [5.74, 6) is 1.23. The van der Waals surface area contributed by atoms with Crippen molar-refractivity contribution in [2.45, 2.75) is 38.8 Å². The van der Waals surface area contributed by atoms with Gasteiger partial charge in [-0.3, -0.25) is 4.79 Å². The quantitative estimate of drug-likeness (QED) is 0.483. The molecule has 0 spiro atoms. The Morgan fingerprint density at radius 1 is 1.30 bits per heavy atom. The molecule has 1 aliphatic heterocycles. The number of carbonyl (C=O) groups is 2. The van der Waals surface area contributed by atoms with Crippen LogP contribution in [0, 0.1) is 5.92 Å². The molecule has 2 aromatic rings. The standard InChI is InChI=1S/C23H31BrN4O5/c1-14(2)20(27-23(30)32-4)22(29)28-9-5-6-18(28)21-25-13-17(26-21)15-7-8-16(24)19(12-15)33-11-10-31-3/h7-8,12-14,18,20H,5-6,9-11H2,1-4H3,(H,25,26)(H,27,30)/t18-,20-/m0/s1. The molecule has 1 fully saturated rings. The molecule has 33 heavy (non-hydrogen) atoms. The van der Waals surface area contributed by atoms with Crippen LogP contribution >= 0.6 is 15.9 Å². The van der Waals surface area contributed by atoms with E-state index in [1.165, 1.54) is 7.11 Å². The second kappa shape index (κ2) is 11.5. The minimum Gasteiger partial charge on any atom is -0.490 e. The smallest absolute Gasteiger partial charge is 0.407 e. The molecule has 180 valence electrons. The summed E-state index contributed by atoms with van der Waals surface area (Å²) in [6, 6.07) is 4.99. The van der Waals surface area contributed by atoms with Crippen molar-refractivity contribution in [3.8, 4) is 17.0 Å². The van der Waals surface area contributed by atoms with Gasteiger partial charge in [0.15, 0.2) is 0 Å². The molecule has 2 atom stereocenters. The molecule has 0 unspecified atom stereocenters. The molecule has 0 bridgehead atoms. The lowest BCUT2D eigenvalue weighted by atomic mass is 10.0. The molecule has 2 heterocycles. The third-order valence-corrected chi connectivity index (χ3v) is 6.28. The van der Waals surface area contributed by atoms with E-state index in [2.05, 4.69) is 31.2 Å². The Bertz CT molecular complexity index is 964. The van der Waals surface area contributed by atoms with E-state index in [1.807, 2.05) is 32.0 Å². The van der Waals surface area contributed by atoms with Gasteiger partial charge in [-0.15, -0.1) is 0 Å². The Labute approximate surface area is 202 Å². The number of benzene rings is 1. The van der Waals surface area contributed by atoms with Gasteiger partial charge in [0.1, 0.15) is 24.2 Å². The number of aromatic nitrogens is 2. The highest BCUT2D eigenvalue weighted by Gasteiger charge is 2.37. The zero-order valence-electron chi connectivity index (χ0n) is 19.4. The second-order valence-corrected chi connectivity index (χ2v) is 9.07. The topological polar surface area (TPSA) is 106 Å². The number of methoxy groups -OCH3 is 2. The Balaban J connectivity index is 1.78. The Morgan fingerprint density at radius 3 is 2.79 bits per heavy atom. The fourth-order valence-corrected chi connectivity index (χ4v) is 4.22. The lowest BCUT2D eigenvalue weighted by molar-refractivity contribution is -0.135. The van der Waals surface area contributed by atoms with Gasteiger partial charge in [-0.25, -0.2) is 9.78 Å². The Hall–Kier alpha value is -2.59. The molecule has 10 heteroatoms. The van der Waals surface area contributed by atoms with Crippen LogP contribution in [0.3, 0.4) is 0 Å². The molecular weight excluding hydrogens is 492 g/mol. The number of alkyl carbamates (subject to hydrolysis) is 1. The van der Waals surface area contributed by atoms with Crippen molar-refractivity contribution in [3.05, 3.63) is 34.7 Å². The zero-order valence-corrected chi connectivity index (χ0v) is 21.0. The van der Waals surface area contributed by atoms with E-state index in [9.17, 15) is 9.59 Å². The Morgan fingerprint density at radius 2 is 2.09 bits per heavy atom. The van der Waals surface area contributed by atoms with Crippen LogP contribution in [0.2, 0.25) is 0 Å². The minimum atomic E-state index is -0.661. The predicted octanol–water partition coefficient (Wildman–Crippen LogP) is 3.91. The fourth-order valence-electron chi connectivity index (χ4n) is 3.86. The molecule has 2 N–H and O–H groups in total. The molecule has 9 nitrogen and oxygen atoms in total. The average molecular weight is 523 g/mol. The van der Waals surface area contributed by atoms with Crippen molar-refractivity contribution in [3.63, 3.8) is 0 Å². The number of amides is 2. The molecule has 0 radical (unpaired) electrons. The maximum Gasteiger partial charge on any atom is 0.407 e. The normalized spacial score (nSPS) is 16.7. The Kier molecular flexibility index (Phi) is 8.74. The van der Waals surface area contributed by atoms with E-state index in [4.69, 9.17) is 14.2 Å². The minimum absolute atomic E-state index is 0.0793. The van der Waals surface area contributed by atoms with Crippen LogP contribution in [0.25, 0.3) is 11.3 Å². The number of nitrogens with zero attached hydrogens (tertiary/aromatic N) is 2. The van der Waals surface area contributed by atoms with Crippen molar-refractivity contribution >= 4 is 27.9 Å². The van der Waals surface area contributed by atoms with E-state index in [0.717, 1.165) is 34.4 Å². The van der Waals surface area contributed by atoms with Crippen molar-refractivity contribution < 1.29 is 23.8 Å². The molecule has 3 rings (SSSR count). The summed E-state index contributed by atoms with van der Waals surface area (Å²) >= 11 is 3.51. The first-order valence-corrected chi connectivity index (χ1v) is 11.8. The van der Waals surface area contributed by atoms with Crippen LogP contribution in [-0.4, -0.2) is 66.9 Å². The number of likely N-dealkylation sites (tertiary alicyclic amines) is 1. The van der Waals surface area contributed by atoms with E-state index in [1.54, 1.807) is 18.2 Å². The number of halogens is 1. The highest BCUT2D eigenvalue weighted by molar-refractivity contribution is 9.10. The lowest BCUT2D eigenvalue weighted by Gasteiger charge is -2.30. The largest absolute Gasteiger partial charge is 0.490 e. The van der Waals surface area contributed by atoms with E-state index in [0.29, 0.717) is 25.5 Å². The van der Waals surface area contributed by atoms with E-state index < -0.39 is 12.1 Å². The fraction of sp³-hybridized carbons (Fsp3) is 0.522. The number of imidazole rings is 1. The monoisotopic (exact) mass is 522 g/mol. The van der Waals surface area contributed by atoms with Crippen LogP contribution < -0.4 is 10.1 Å². The maximum absolute atomic E-state index is 13.3. The maximum atomic E-state index is 13.3. The van der Waals surface area contributed by atoms with Crippen molar-refractivity contribution in [1.82, 2.24) is 20.2 Å². The van der Waals surface area contributed by atoms with Crippen LogP contribution in [-0.2, 0) is 14.3 Å². The number of H-pyrrole nitrogens is 1. The SMILES string of the molecule is COCCOc1cc(-c2cnc([C@@H]3CCCN3C(=O)[C@@H](NC(=O)OC)C(C)C)[nH]2)ccc1Br. The van der Waals surface area contributed by atoms with Gasteiger partial charge >= 0.3 is 6.09 Å². The third kappa shape index (κ3) is 6.05. The summed E-state index contributed by atoms with van der Waals surface area (Å²) in [5, 5.41) is 2.67. The molecule has 1 saturated heterocycles. The zero-order chi connectivity index (χ0) is 24.0. The van der Waals surface area contributed by atoms with Crippen molar-refractivity contribution in [1.29, 1.82) is 0 Å². The predicted molar refractivity (Wildman–Crippen MR) is 127 cm³/mol. The highest BCUT2D eigenvalue weighted by atomic mass is 79.9. The van der Waals surface area contributed by atoms with Crippen LogP contribution in [0.15, 0.2) is 28.9 Å². The van der Waals surface area contributed by atoms with Gasteiger partial charge < -0.3 is 29.4 Å². The van der Waals surface area contributed by atoms with Crippen LogP contribution in [0.5, 0.6) is 5.75 Å². The third-order valence-electron chi connectivity index (χ3n) is 5.63. The highest BCUT2D eigenvalue weighted by Crippen LogP contribution is 2.34. The molecular formula is C23H31BrN4O5. The van der Waals surface area contributed by atoms with Gasteiger partial charge in [-0.05, 0) is 46.8 Å². The first kappa shape index (κ1) is 25.0. The number of carbonyl (C=O) groups excluding carboxylic acids is 2. The first-order chi connectivity index (χ1) is 15.8. The molecule has 2 amide bonds. The number of rotatable bonds is 9. The number of hydrogen-bond donors (Lipinski definition) is 2. The van der Waals surface area contributed by atoms with Gasteiger partial charge in [0.25, 0.3) is 0 Å². The first-order valence-electron chi connectivity index (χ1n) is 11.0. The molecule has 0 aliphatic carbocycles. The number of hydrogen-bond acceptors (Lipinski definition) is 6. The number of nitrogens with one attached hydrogen (secondary N) is 2. The van der Waals surface area contributed by atoms with Crippen molar-refractivity contribution in [2.75, 3.05) is 34.0 Å². The van der Waals surface area contributed by atoms with E-state index in [-0.39, 0.29) is 17.9 Å². The molecule has 0 saturated carbocycles. The summed E-state index contributed by atoms with van der Waals surface area (Å²) in [4.78, 5) is 34.8.